The number of nitrogens with one attached hydrogen (secondary N) is 1. The van der Waals surface area contributed by atoms with Gasteiger partial charge in [0.1, 0.15) is 12.6 Å². The Morgan fingerprint density at radius 1 is 1.17 bits per heavy atom. The first-order valence-electron chi connectivity index (χ1n) is 9.64. The van der Waals surface area contributed by atoms with Crippen LogP contribution in [0.15, 0.2) is 53.1 Å². The zero-order chi connectivity index (χ0) is 20.7. The van der Waals surface area contributed by atoms with E-state index in [2.05, 4.69) is 20.5 Å². The Morgan fingerprint density at radius 3 is 2.73 bits per heavy atom. The van der Waals surface area contributed by atoms with Crippen molar-refractivity contribution in [3.63, 3.8) is 0 Å². The fourth-order valence-corrected chi connectivity index (χ4v) is 3.67. The Kier molecular flexibility index (Phi) is 4.23. The number of carbonyl (C=O) groups is 2. The fourth-order valence-electron chi connectivity index (χ4n) is 3.67. The lowest BCUT2D eigenvalue weighted by molar-refractivity contribution is -0.120. The summed E-state index contributed by atoms with van der Waals surface area (Å²) in [5.74, 6) is 0.149. The highest BCUT2D eigenvalue weighted by molar-refractivity contribution is 6.01. The zero-order valence-corrected chi connectivity index (χ0v) is 16.2. The summed E-state index contributed by atoms with van der Waals surface area (Å²) in [6.07, 6.45) is 3.34. The summed E-state index contributed by atoms with van der Waals surface area (Å²) in [7, 11) is 1.59. The zero-order valence-electron chi connectivity index (χ0n) is 16.2. The van der Waals surface area contributed by atoms with Gasteiger partial charge in [-0.3, -0.25) is 14.5 Å². The van der Waals surface area contributed by atoms with Crippen LogP contribution in [0.3, 0.4) is 0 Å². The molecule has 9 heteroatoms. The van der Waals surface area contributed by atoms with Crippen molar-refractivity contribution in [3.8, 4) is 5.75 Å². The summed E-state index contributed by atoms with van der Waals surface area (Å²) in [6.45, 7) is -0.0252. The minimum absolute atomic E-state index is 0.0252. The standard InChI is InChI=1S/C21H19N5O4/c1-26-16-15(8-5-11-22-16)29-12-14(19(26)28)23-17(27)18-24-25-20(30-18)21(9-10-21)13-6-3-2-4-7-13/h2-8,11,14H,9-10,12H2,1H3,(H,23,27). The molecule has 0 saturated heterocycles. The molecule has 3 aromatic rings. The van der Waals surface area contributed by atoms with Gasteiger partial charge in [0.05, 0.1) is 5.41 Å². The number of amides is 2. The van der Waals surface area contributed by atoms with E-state index in [1.54, 1.807) is 25.4 Å². The Labute approximate surface area is 172 Å². The number of anilines is 1. The Hall–Kier alpha value is -3.75. The van der Waals surface area contributed by atoms with Crippen molar-refractivity contribution in [1.29, 1.82) is 0 Å². The summed E-state index contributed by atoms with van der Waals surface area (Å²) < 4.78 is 11.4. The maximum atomic E-state index is 12.8. The lowest BCUT2D eigenvalue weighted by Gasteiger charge is -2.18. The van der Waals surface area contributed by atoms with E-state index in [-0.39, 0.29) is 23.8 Å². The number of likely N-dealkylation sites (N-methyl/N-ethyl adjacent to an activating group) is 1. The van der Waals surface area contributed by atoms with Crippen molar-refractivity contribution in [3.05, 3.63) is 66.0 Å². The summed E-state index contributed by atoms with van der Waals surface area (Å²) in [6, 6.07) is 12.4. The molecule has 1 saturated carbocycles. The maximum absolute atomic E-state index is 12.8. The quantitative estimate of drug-likeness (QED) is 0.703. The highest BCUT2D eigenvalue weighted by atomic mass is 16.5. The minimum Gasteiger partial charge on any atom is -0.487 e. The maximum Gasteiger partial charge on any atom is 0.309 e. The van der Waals surface area contributed by atoms with Gasteiger partial charge in [0.2, 0.25) is 5.89 Å². The number of hydrogen-bond donors (Lipinski definition) is 1. The number of hydrogen-bond acceptors (Lipinski definition) is 7. The highest BCUT2D eigenvalue weighted by Gasteiger charge is 2.51. The molecule has 1 aromatic carbocycles. The van der Waals surface area contributed by atoms with E-state index in [4.69, 9.17) is 9.15 Å². The molecule has 2 aliphatic rings. The van der Waals surface area contributed by atoms with Gasteiger partial charge in [-0.25, -0.2) is 4.98 Å². The number of aromatic nitrogens is 3. The van der Waals surface area contributed by atoms with Gasteiger partial charge in [-0.15, -0.1) is 10.2 Å². The molecule has 1 aliphatic heterocycles. The molecule has 0 spiro atoms. The van der Waals surface area contributed by atoms with Gasteiger partial charge in [0.25, 0.3) is 5.91 Å². The van der Waals surface area contributed by atoms with E-state index in [1.165, 1.54) is 4.90 Å². The number of fused-ring (bicyclic) bond motifs is 1. The van der Waals surface area contributed by atoms with Crippen molar-refractivity contribution in [2.24, 2.45) is 0 Å². The van der Waals surface area contributed by atoms with Gasteiger partial charge in [0.15, 0.2) is 11.6 Å². The van der Waals surface area contributed by atoms with Crippen LogP contribution in [-0.4, -0.2) is 46.7 Å². The molecule has 0 radical (unpaired) electrons. The van der Waals surface area contributed by atoms with E-state index in [1.807, 2.05) is 30.3 Å². The fraction of sp³-hybridized carbons (Fsp3) is 0.286. The van der Waals surface area contributed by atoms with Gasteiger partial charge in [-0.05, 0) is 30.5 Å². The molecule has 1 unspecified atom stereocenters. The van der Waals surface area contributed by atoms with Crippen LogP contribution in [0, 0.1) is 0 Å². The van der Waals surface area contributed by atoms with Crippen molar-refractivity contribution in [1.82, 2.24) is 20.5 Å². The monoisotopic (exact) mass is 405 g/mol. The molecule has 0 bridgehead atoms. The predicted molar refractivity (Wildman–Crippen MR) is 105 cm³/mol. The molecule has 152 valence electrons. The summed E-state index contributed by atoms with van der Waals surface area (Å²) in [5, 5.41) is 10.7. The van der Waals surface area contributed by atoms with Gasteiger partial charge < -0.3 is 14.5 Å². The summed E-state index contributed by atoms with van der Waals surface area (Å²) >= 11 is 0. The first-order chi connectivity index (χ1) is 14.6. The van der Waals surface area contributed by atoms with Crippen molar-refractivity contribution in [2.75, 3.05) is 18.6 Å². The molecule has 5 rings (SSSR count). The van der Waals surface area contributed by atoms with Crippen molar-refractivity contribution >= 4 is 17.6 Å². The molecule has 2 aromatic heterocycles. The van der Waals surface area contributed by atoms with Gasteiger partial charge in [0, 0.05) is 13.2 Å². The Morgan fingerprint density at radius 2 is 1.97 bits per heavy atom. The predicted octanol–water partition coefficient (Wildman–Crippen LogP) is 1.70. The number of benzene rings is 1. The highest BCUT2D eigenvalue weighted by Crippen LogP contribution is 2.52. The minimum atomic E-state index is -0.906. The number of pyridine rings is 1. The number of carbonyl (C=O) groups excluding carboxylic acids is 2. The lowest BCUT2D eigenvalue weighted by Crippen LogP contribution is -2.49. The van der Waals surface area contributed by atoms with Crippen LogP contribution < -0.4 is 15.0 Å². The third-order valence-electron chi connectivity index (χ3n) is 5.51. The van der Waals surface area contributed by atoms with Gasteiger partial charge in [-0.2, -0.15) is 0 Å². The molecule has 3 heterocycles. The molecular formula is C21H19N5O4. The third kappa shape index (κ3) is 2.99. The number of nitrogens with zero attached hydrogens (tertiary/aromatic N) is 4. The number of rotatable bonds is 4. The van der Waals surface area contributed by atoms with E-state index >= 15 is 0 Å². The van der Waals surface area contributed by atoms with E-state index < -0.39 is 11.9 Å². The van der Waals surface area contributed by atoms with E-state index in [9.17, 15) is 9.59 Å². The second-order valence-corrected chi connectivity index (χ2v) is 7.42. The van der Waals surface area contributed by atoms with Crippen LogP contribution in [0.4, 0.5) is 5.82 Å². The molecule has 1 fully saturated rings. The SMILES string of the molecule is CN1C(=O)C(NC(=O)c2nnc(C3(c4ccccc4)CC3)o2)COc2cccnc21. The Balaban J connectivity index is 1.33. The molecule has 1 N–H and O–H groups in total. The third-order valence-corrected chi connectivity index (χ3v) is 5.51. The topological polar surface area (TPSA) is 110 Å². The molecular weight excluding hydrogens is 386 g/mol. The van der Waals surface area contributed by atoms with Crippen LogP contribution in [-0.2, 0) is 10.2 Å². The average molecular weight is 405 g/mol. The van der Waals surface area contributed by atoms with E-state index in [0.29, 0.717) is 17.5 Å². The molecule has 2 amide bonds. The first-order valence-corrected chi connectivity index (χ1v) is 9.64. The van der Waals surface area contributed by atoms with Crippen LogP contribution >= 0.6 is 0 Å². The summed E-state index contributed by atoms with van der Waals surface area (Å²) in [4.78, 5) is 31.0. The first kappa shape index (κ1) is 18.3. The number of ether oxygens (including phenoxy) is 1. The largest absolute Gasteiger partial charge is 0.487 e. The van der Waals surface area contributed by atoms with Gasteiger partial charge in [-0.1, -0.05) is 30.3 Å². The smallest absolute Gasteiger partial charge is 0.309 e. The molecule has 1 atom stereocenters. The molecule has 9 nitrogen and oxygen atoms in total. The van der Waals surface area contributed by atoms with Gasteiger partial charge >= 0.3 is 11.8 Å². The van der Waals surface area contributed by atoms with Crippen LogP contribution in [0.1, 0.15) is 35.0 Å². The average Bonchev–Trinajstić information content (AvgIpc) is 3.47. The van der Waals surface area contributed by atoms with Crippen LogP contribution in [0.5, 0.6) is 5.75 Å². The summed E-state index contributed by atoms with van der Waals surface area (Å²) in [5.41, 5.74) is 0.751. The molecule has 1 aliphatic carbocycles. The van der Waals surface area contributed by atoms with Crippen LogP contribution in [0.2, 0.25) is 0 Å². The normalized spacial score (nSPS) is 19.4. The second-order valence-electron chi connectivity index (χ2n) is 7.42. The van der Waals surface area contributed by atoms with E-state index in [0.717, 1.165) is 18.4 Å². The second kappa shape index (κ2) is 6.94. The van der Waals surface area contributed by atoms with Crippen molar-refractivity contribution < 1.29 is 18.7 Å². The molecule has 30 heavy (non-hydrogen) atoms. The Bertz CT molecular complexity index is 1110. The lowest BCUT2D eigenvalue weighted by atomic mass is 9.96. The van der Waals surface area contributed by atoms with Crippen molar-refractivity contribution in [2.45, 2.75) is 24.3 Å². The van der Waals surface area contributed by atoms with Crippen LogP contribution in [0.25, 0.3) is 0 Å².